The van der Waals surface area contributed by atoms with Gasteiger partial charge in [-0.05, 0) is 34.0 Å². The Morgan fingerprint density at radius 3 is 2.62 bits per heavy atom. The van der Waals surface area contributed by atoms with E-state index in [2.05, 4.69) is 33.0 Å². The minimum absolute atomic E-state index is 0.0369. The largest absolute Gasteiger partial charge is 0.337 e. The lowest BCUT2D eigenvalue weighted by Crippen LogP contribution is -2.37. The number of aromatic nitrogens is 1. The highest BCUT2D eigenvalue weighted by molar-refractivity contribution is 9.10. The van der Waals surface area contributed by atoms with Gasteiger partial charge in [0, 0.05) is 36.5 Å². The summed E-state index contributed by atoms with van der Waals surface area (Å²) in [5.41, 5.74) is 7.41. The molecular formula is C16H18BrN3O. The average Bonchev–Trinajstić information content (AvgIpc) is 2.52. The Balaban J connectivity index is 2.06. The predicted octanol–water partition coefficient (Wildman–Crippen LogP) is 2.49. The fourth-order valence-electron chi connectivity index (χ4n) is 2.09. The van der Waals surface area contributed by atoms with Crippen LogP contribution < -0.4 is 5.73 Å². The molecule has 0 spiro atoms. The van der Waals surface area contributed by atoms with Crippen molar-refractivity contribution in [1.29, 1.82) is 0 Å². The van der Waals surface area contributed by atoms with Crippen LogP contribution in [-0.4, -0.2) is 35.4 Å². The minimum atomic E-state index is -0.0369. The molecule has 0 fully saturated rings. The van der Waals surface area contributed by atoms with Crippen molar-refractivity contribution in [2.75, 3.05) is 19.6 Å². The highest BCUT2D eigenvalue weighted by Gasteiger charge is 2.15. The third kappa shape index (κ3) is 4.65. The van der Waals surface area contributed by atoms with Gasteiger partial charge in [-0.15, -0.1) is 0 Å². The van der Waals surface area contributed by atoms with Gasteiger partial charge in [0.2, 0.25) is 0 Å². The van der Waals surface area contributed by atoms with Gasteiger partial charge in [0.05, 0.1) is 5.56 Å². The van der Waals surface area contributed by atoms with Crippen LogP contribution in [0.5, 0.6) is 0 Å². The zero-order valence-corrected chi connectivity index (χ0v) is 13.3. The molecular weight excluding hydrogens is 330 g/mol. The van der Waals surface area contributed by atoms with E-state index < -0.39 is 0 Å². The van der Waals surface area contributed by atoms with Crippen molar-refractivity contribution in [1.82, 2.24) is 9.88 Å². The lowest BCUT2D eigenvalue weighted by molar-refractivity contribution is 0.0761. The lowest BCUT2D eigenvalue weighted by Gasteiger charge is -2.22. The van der Waals surface area contributed by atoms with Gasteiger partial charge >= 0.3 is 0 Å². The van der Waals surface area contributed by atoms with E-state index in [1.807, 2.05) is 18.2 Å². The standard InChI is InChI=1S/C16H18BrN3O/c17-15-10-14(11-19-12-15)16(21)20(9-7-18)8-6-13-4-2-1-3-5-13/h1-5,10-12H,6-9,18H2. The molecule has 0 aliphatic carbocycles. The Morgan fingerprint density at radius 2 is 1.95 bits per heavy atom. The van der Waals surface area contributed by atoms with Crippen molar-refractivity contribution in [2.45, 2.75) is 6.42 Å². The van der Waals surface area contributed by atoms with Gasteiger partial charge in [0.1, 0.15) is 0 Å². The molecule has 1 aromatic heterocycles. The average molecular weight is 348 g/mol. The summed E-state index contributed by atoms with van der Waals surface area (Å²) in [6.07, 6.45) is 4.06. The molecule has 5 heteroatoms. The highest BCUT2D eigenvalue weighted by Crippen LogP contribution is 2.12. The third-order valence-electron chi connectivity index (χ3n) is 3.15. The van der Waals surface area contributed by atoms with E-state index in [0.717, 1.165) is 10.9 Å². The number of carbonyl (C=O) groups excluding carboxylic acids is 1. The Morgan fingerprint density at radius 1 is 1.19 bits per heavy atom. The second-order valence-corrected chi connectivity index (χ2v) is 5.62. The molecule has 0 saturated carbocycles. The molecule has 0 atom stereocenters. The van der Waals surface area contributed by atoms with Crippen LogP contribution in [0.3, 0.4) is 0 Å². The molecule has 1 aromatic carbocycles. The Hall–Kier alpha value is -1.72. The maximum Gasteiger partial charge on any atom is 0.255 e. The molecule has 4 nitrogen and oxygen atoms in total. The van der Waals surface area contributed by atoms with E-state index in [9.17, 15) is 4.79 Å². The van der Waals surface area contributed by atoms with Gasteiger partial charge in [-0.25, -0.2) is 0 Å². The Labute approximate surface area is 133 Å². The smallest absolute Gasteiger partial charge is 0.255 e. The van der Waals surface area contributed by atoms with E-state index in [4.69, 9.17) is 5.73 Å². The summed E-state index contributed by atoms with van der Waals surface area (Å²) in [6.45, 7) is 1.63. The van der Waals surface area contributed by atoms with Gasteiger partial charge in [0.15, 0.2) is 0 Å². The fraction of sp³-hybridized carbons (Fsp3) is 0.250. The fourth-order valence-corrected chi connectivity index (χ4v) is 2.46. The predicted molar refractivity (Wildman–Crippen MR) is 87.0 cm³/mol. The van der Waals surface area contributed by atoms with Gasteiger partial charge in [0.25, 0.3) is 5.91 Å². The van der Waals surface area contributed by atoms with Gasteiger partial charge < -0.3 is 10.6 Å². The summed E-state index contributed by atoms with van der Waals surface area (Å²) in [5.74, 6) is -0.0369. The van der Waals surface area contributed by atoms with Crippen LogP contribution in [0.2, 0.25) is 0 Å². The van der Waals surface area contributed by atoms with Gasteiger partial charge in [-0.3, -0.25) is 9.78 Å². The molecule has 1 heterocycles. The van der Waals surface area contributed by atoms with E-state index in [-0.39, 0.29) is 5.91 Å². The maximum absolute atomic E-state index is 12.5. The van der Waals surface area contributed by atoms with Crippen molar-refractivity contribution in [3.63, 3.8) is 0 Å². The van der Waals surface area contributed by atoms with Crippen molar-refractivity contribution in [3.05, 3.63) is 64.4 Å². The molecule has 21 heavy (non-hydrogen) atoms. The molecule has 110 valence electrons. The van der Waals surface area contributed by atoms with E-state index >= 15 is 0 Å². The van der Waals surface area contributed by atoms with Crippen LogP contribution in [0, 0.1) is 0 Å². The second-order valence-electron chi connectivity index (χ2n) is 4.71. The lowest BCUT2D eigenvalue weighted by atomic mass is 10.1. The number of carbonyl (C=O) groups is 1. The summed E-state index contributed by atoms with van der Waals surface area (Å²) in [6, 6.07) is 11.9. The minimum Gasteiger partial charge on any atom is -0.337 e. The van der Waals surface area contributed by atoms with Crippen LogP contribution in [-0.2, 0) is 6.42 Å². The molecule has 1 amide bonds. The molecule has 2 rings (SSSR count). The topological polar surface area (TPSA) is 59.2 Å². The number of nitrogens with zero attached hydrogens (tertiary/aromatic N) is 2. The summed E-state index contributed by atoms with van der Waals surface area (Å²) in [5, 5.41) is 0. The first kappa shape index (κ1) is 15.7. The first-order valence-electron chi connectivity index (χ1n) is 6.84. The summed E-state index contributed by atoms with van der Waals surface area (Å²) >= 11 is 3.34. The number of hydrogen-bond acceptors (Lipinski definition) is 3. The molecule has 0 aliphatic heterocycles. The Bertz CT molecular complexity index is 589. The number of nitrogens with two attached hydrogens (primary N) is 1. The number of benzene rings is 1. The van der Waals surface area contributed by atoms with Crippen LogP contribution in [0.15, 0.2) is 53.3 Å². The van der Waals surface area contributed by atoms with E-state index in [1.54, 1.807) is 23.4 Å². The first-order chi connectivity index (χ1) is 10.2. The summed E-state index contributed by atoms with van der Waals surface area (Å²) in [4.78, 5) is 18.3. The number of amides is 1. The zero-order valence-electron chi connectivity index (χ0n) is 11.7. The van der Waals surface area contributed by atoms with Crippen molar-refractivity contribution >= 4 is 21.8 Å². The normalized spacial score (nSPS) is 10.4. The number of pyridine rings is 1. The second kappa shape index (κ2) is 7.90. The molecule has 0 unspecified atom stereocenters. The van der Waals surface area contributed by atoms with Crippen molar-refractivity contribution in [2.24, 2.45) is 5.73 Å². The number of halogens is 1. The van der Waals surface area contributed by atoms with Crippen LogP contribution in [0.4, 0.5) is 0 Å². The molecule has 0 radical (unpaired) electrons. The third-order valence-corrected chi connectivity index (χ3v) is 3.58. The van der Waals surface area contributed by atoms with Crippen LogP contribution >= 0.6 is 15.9 Å². The van der Waals surface area contributed by atoms with E-state index in [0.29, 0.717) is 25.2 Å². The molecule has 2 aromatic rings. The highest BCUT2D eigenvalue weighted by atomic mass is 79.9. The van der Waals surface area contributed by atoms with E-state index in [1.165, 1.54) is 5.56 Å². The molecule has 0 bridgehead atoms. The molecule has 0 aliphatic rings. The number of rotatable bonds is 6. The molecule has 0 saturated heterocycles. The SMILES string of the molecule is NCCN(CCc1ccccc1)C(=O)c1cncc(Br)c1. The Kier molecular flexibility index (Phi) is 5.90. The molecule has 2 N–H and O–H groups in total. The summed E-state index contributed by atoms with van der Waals surface area (Å²) < 4.78 is 0.795. The van der Waals surface area contributed by atoms with Crippen LogP contribution in [0.25, 0.3) is 0 Å². The van der Waals surface area contributed by atoms with Gasteiger partial charge in [-0.2, -0.15) is 0 Å². The monoisotopic (exact) mass is 347 g/mol. The maximum atomic E-state index is 12.5. The van der Waals surface area contributed by atoms with Crippen molar-refractivity contribution in [3.8, 4) is 0 Å². The first-order valence-corrected chi connectivity index (χ1v) is 7.64. The van der Waals surface area contributed by atoms with Crippen LogP contribution in [0.1, 0.15) is 15.9 Å². The summed E-state index contributed by atoms with van der Waals surface area (Å²) in [7, 11) is 0. The van der Waals surface area contributed by atoms with Gasteiger partial charge in [-0.1, -0.05) is 30.3 Å². The van der Waals surface area contributed by atoms with Crippen molar-refractivity contribution < 1.29 is 4.79 Å². The number of hydrogen-bond donors (Lipinski definition) is 1. The zero-order chi connectivity index (χ0) is 15.1. The quantitative estimate of drug-likeness (QED) is 0.873.